The van der Waals surface area contributed by atoms with Crippen molar-refractivity contribution in [3.8, 4) is 5.75 Å². The molecule has 3 heteroatoms. The smallest absolute Gasteiger partial charge is 0.226 e. The first-order valence-electron chi connectivity index (χ1n) is 10.7. The van der Waals surface area contributed by atoms with E-state index in [1.54, 1.807) is 7.11 Å². The molecule has 2 aromatic rings. The molecular weight excluding hydrogens is 346 g/mol. The molecule has 3 nitrogen and oxygen atoms in total. The maximum absolute atomic E-state index is 13.3. The zero-order valence-electron chi connectivity index (χ0n) is 16.6. The predicted molar refractivity (Wildman–Crippen MR) is 111 cm³/mol. The first-order chi connectivity index (χ1) is 13.7. The first-order valence-corrected chi connectivity index (χ1v) is 10.7. The third-order valence-electron chi connectivity index (χ3n) is 7.39. The molecule has 1 heterocycles. The van der Waals surface area contributed by atoms with Crippen LogP contribution in [0.2, 0.25) is 0 Å². The maximum Gasteiger partial charge on any atom is 0.226 e. The van der Waals surface area contributed by atoms with Crippen molar-refractivity contribution in [1.29, 1.82) is 0 Å². The van der Waals surface area contributed by atoms with Gasteiger partial charge in [0.05, 0.1) is 7.11 Å². The Hall–Kier alpha value is -2.29. The number of amides is 1. The lowest BCUT2D eigenvalue weighted by atomic mass is 9.63. The largest absolute Gasteiger partial charge is 0.497 e. The maximum atomic E-state index is 13.3. The van der Waals surface area contributed by atoms with Crippen molar-refractivity contribution in [2.75, 3.05) is 13.7 Å². The second-order valence-electron chi connectivity index (χ2n) is 8.90. The van der Waals surface area contributed by atoms with E-state index in [9.17, 15) is 4.79 Å². The number of piperidine rings is 1. The molecule has 1 amide bonds. The molecule has 0 N–H and O–H groups in total. The van der Waals surface area contributed by atoms with E-state index in [-0.39, 0.29) is 11.3 Å². The molecule has 5 rings (SSSR count). The summed E-state index contributed by atoms with van der Waals surface area (Å²) in [5.74, 6) is 1.98. The summed E-state index contributed by atoms with van der Waals surface area (Å²) in [5, 5.41) is 0. The van der Waals surface area contributed by atoms with E-state index in [4.69, 9.17) is 4.74 Å². The lowest BCUT2D eigenvalue weighted by molar-refractivity contribution is -0.138. The van der Waals surface area contributed by atoms with E-state index >= 15 is 0 Å². The number of hydrogen-bond acceptors (Lipinski definition) is 2. The van der Waals surface area contributed by atoms with Crippen LogP contribution in [0.15, 0.2) is 54.6 Å². The summed E-state index contributed by atoms with van der Waals surface area (Å²) in [7, 11) is 1.74. The zero-order chi connectivity index (χ0) is 19.1. The molecular formula is C25H29NO2. The highest BCUT2D eigenvalue weighted by atomic mass is 16.5. The summed E-state index contributed by atoms with van der Waals surface area (Å²) in [6, 6.07) is 19.6. The first kappa shape index (κ1) is 17.8. The zero-order valence-corrected chi connectivity index (χ0v) is 16.6. The summed E-state index contributed by atoms with van der Waals surface area (Å²) in [4.78, 5) is 15.5. The minimum Gasteiger partial charge on any atom is -0.497 e. The molecule has 2 aliphatic carbocycles. The summed E-state index contributed by atoms with van der Waals surface area (Å²) in [6.07, 6.45) is 6.79. The lowest BCUT2D eigenvalue weighted by Crippen LogP contribution is -2.54. The molecule has 0 spiro atoms. The molecule has 0 aromatic heterocycles. The number of hydrogen-bond donors (Lipinski definition) is 0. The number of carbonyl (C=O) groups is 1. The van der Waals surface area contributed by atoms with Gasteiger partial charge in [0.25, 0.3) is 0 Å². The SMILES string of the molecule is COc1cccc([C@@]23CCC[C@@H](C2)N(C(=O)[C@H]2C[C@@H]2c2ccccc2)CC3)c1. The Bertz CT molecular complexity index is 864. The number of nitrogens with zero attached hydrogens (tertiary/aromatic N) is 1. The number of rotatable bonds is 4. The van der Waals surface area contributed by atoms with Crippen LogP contribution in [0.4, 0.5) is 0 Å². The van der Waals surface area contributed by atoms with Gasteiger partial charge in [-0.05, 0) is 66.7 Å². The summed E-state index contributed by atoms with van der Waals surface area (Å²) >= 11 is 0. The van der Waals surface area contributed by atoms with Crippen molar-refractivity contribution in [3.05, 3.63) is 65.7 Å². The highest BCUT2D eigenvalue weighted by molar-refractivity contribution is 5.83. The van der Waals surface area contributed by atoms with Crippen LogP contribution in [0.5, 0.6) is 5.75 Å². The minimum atomic E-state index is 0.202. The van der Waals surface area contributed by atoms with Crippen LogP contribution in [0.1, 0.15) is 55.6 Å². The van der Waals surface area contributed by atoms with Crippen molar-refractivity contribution >= 4 is 5.91 Å². The van der Waals surface area contributed by atoms with Gasteiger partial charge in [-0.3, -0.25) is 4.79 Å². The van der Waals surface area contributed by atoms with Gasteiger partial charge in [0, 0.05) is 18.5 Å². The summed E-state index contributed by atoms with van der Waals surface area (Å²) in [6.45, 7) is 0.902. The van der Waals surface area contributed by atoms with Gasteiger partial charge in [0.15, 0.2) is 0 Å². The fraction of sp³-hybridized carbons (Fsp3) is 0.480. The van der Waals surface area contributed by atoms with Crippen molar-refractivity contribution in [2.45, 2.75) is 55.9 Å². The number of fused-ring (bicyclic) bond motifs is 2. The van der Waals surface area contributed by atoms with Gasteiger partial charge in [0.1, 0.15) is 5.75 Å². The average Bonchev–Trinajstić information content (AvgIpc) is 3.55. The molecule has 4 atom stereocenters. The Morgan fingerprint density at radius 2 is 1.96 bits per heavy atom. The van der Waals surface area contributed by atoms with E-state index in [1.165, 1.54) is 24.0 Å². The predicted octanol–water partition coefficient (Wildman–Crippen LogP) is 4.91. The van der Waals surface area contributed by atoms with Gasteiger partial charge in [-0.2, -0.15) is 0 Å². The third-order valence-corrected chi connectivity index (χ3v) is 7.39. The second-order valence-corrected chi connectivity index (χ2v) is 8.90. The van der Waals surface area contributed by atoms with Gasteiger partial charge in [-0.15, -0.1) is 0 Å². The molecule has 2 saturated carbocycles. The van der Waals surface area contributed by atoms with E-state index in [1.807, 2.05) is 12.1 Å². The van der Waals surface area contributed by atoms with Crippen LogP contribution in [-0.4, -0.2) is 30.5 Å². The van der Waals surface area contributed by atoms with Crippen LogP contribution >= 0.6 is 0 Å². The van der Waals surface area contributed by atoms with E-state index < -0.39 is 0 Å². The number of ether oxygens (including phenoxy) is 1. The number of benzene rings is 2. The highest BCUT2D eigenvalue weighted by Gasteiger charge is 2.50. The fourth-order valence-corrected chi connectivity index (χ4v) is 5.74. The van der Waals surface area contributed by atoms with E-state index in [0.29, 0.717) is 17.9 Å². The monoisotopic (exact) mass is 375 g/mol. The van der Waals surface area contributed by atoms with Gasteiger partial charge in [-0.25, -0.2) is 0 Å². The summed E-state index contributed by atoms with van der Waals surface area (Å²) in [5.41, 5.74) is 2.95. The minimum absolute atomic E-state index is 0.202. The molecule has 0 radical (unpaired) electrons. The third kappa shape index (κ3) is 3.01. The Morgan fingerprint density at radius 1 is 1.11 bits per heavy atom. The van der Waals surface area contributed by atoms with Crippen molar-refractivity contribution in [3.63, 3.8) is 0 Å². The van der Waals surface area contributed by atoms with Gasteiger partial charge >= 0.3 is 0 Å². The fourth-order valence-electron chi connectivity index (χ4n) is 5.74. The lowest BCUT2D eigenvalue weighted by Gasteiger charge is -2.51. The van der Waals surface area contributed by atoms with Crippen LogP contribution in [0.25, 0.3) is 0 Å². The number of carbonyl (C=O) groups excluding carboxylic acids is 1. The van der Waals surface area contributed by atoms with Gasteiger partial charge < -0.3 is 9.64 Å². The summed E-state index contributed by atoms with van der Waals surface area (Å²) < 4.78 is 5.47. The molecule has 3 fully saturated rings. The number of likely N-dealkylation sites (tertiary alicyclic amines) is 1. The van der Waals surface area contributed by atoms with Crippen LogP contribution in [-0.2, 0) is 10.2 Å². The second kappa shape index (κ2) is 6.95. The highest BCUT2D eigenvalue weighted by Crippen LogP contribution is 2.52. The van der Waals surface area contributed by atoms with E-state index in [0.717, 1.165) is 38.0 Å². The Labute approximate surface area is 167 Å². The Morgan fingerprint density at radius 3 is 2.79 bits per heavy atom. The molecule has 1 saturated heterocycles. The topological polar surface area (TPSA) is 29.5 Å². The Kier molecular flexibility index (Phi) is 4.41. The van der Waals surface area contributed by atoms with Gasteiger partial charge in [0.2, 0.25) is 5.91 Å². The standard InChI is InChI=1S/C25H29NO2/c1-28-21-11-5-9-19(15-21)25-12-6-10-20(17-25)26(14-13-25)24(27)23-16-22(23)18-7-3-2-4-8-18/h2-5,7-9,11,15,20,22-23H,6,10,12-14,16-17H2,1H3/t20-,22+,23-,25+/m0/s1. The van der Waals surface area contributed by atoms with Crippen molar-refractivity contribution in [1.82, 2.24) is 4.90 Å². The molecule has 0 unspecified atom stereocenters. The molecule has 1 aliphatic heterocycles. The van der Waals surface area contributed by atoms with Crippen molar-refractivity contribution < 1.29 is 9.53 Å². The normalized spacial score (nSPS) is 31.3. The molecule has 2 aromatic carbocycles. The Balaban J connectivity index is 1.32. The molecule has 28 heavy (non-hydrogen) atoms. The van der Waals surface area contributed by atoms with Gasteiger partial charge in [-0.1, -0.05) is 48.9 Å². The van der Waals surface area contributed by atoms with Crippen LogP contribution in [0.3, 0.4) is 0 Å². The average molecular weight is 376 g/mol. The van der Waals surface area contributed by atoms with E-state index in [2.05, 4.69) is 47.4 Å². The van der Waals surface area contributed by atoms with Crippen LogP contribution < -0.4 is 4.74 Å². The molecule has 146 valence electrons. The molecule has 3 aliphatic rings. The van der Waals surface area contributed by atoms with Crippen LogP contribution in [0, 0.1) is 5.92 Å². The number of methoxy groups -OCH3 is 1. The van der Waals surface area contributed by atoms with Crippen molar-refractivity contribution in [2.24, 2.45) is 5.92 Å². The molecule has 2 bridgehead atoms. The quantitative estimate of drug-likeness (QED) is 0.760.